The highest BCUT2D eigenvalue weighted by Gasteiger charge is 2.18. The third kappa shape index (κ3) is 3.92. The number of benzene rings is 1. The number of halogens is 2. The topological polar surface area (TPSA) is 38.0 Å². The standard InChI is InChI=1S/C16H20BrFN2O/c1-3-20-15(16(17)11(2)19-20)9-13(10-21)7-12-5-4-6-14(18)8-12/h4-6,8,13,21H,3,7,9-10H2,1-2H3. The third-order valence-electron chi connectivity index (χ3n) is 3.61. The second-order valence-corrected chi connectivity index (χ2v) is 6.04. The number of aliphatic hydroxyl groups excluding tert-OH is 1. The SMILES string of the molecule is CCn1nc(C)c(Br)c1CC(CO)Cc1cccc(F)c1. The molecule has 1 aromatic carbocycles. The van der Waals surface area contributed by atoms with Gasteiger partial charge in [0.15, 0.2) is 0 Å². The largest absolute Gasteiger partial charge is 0.396 e. The first-order valence-electron chi connectivity index (χ1n) is 7.12. The van der Waals surface area contributed by atoms with E-state index < -0.39 is 0 Å². The predicted octanol–water partition coefficient (Wildman–Crippen LogP) is 3.51. The van der Waals surface area contributed by atoms with Crippen molar-refractivity contribution in [1.29, 1.82) is 0 Å². The van der Waals surface area contributed by atoms with Crippen molar-refractivity contribution in [2.24, 2.45) is 5.92 Å². The van der Waals surface area contributed by atoms with Gasteiger partial charge in [-0.2, -0.15) is 5.10 Å². The van der Waals surface area contributed by atoms with Gasteiger partial charge < -0.3 is 5.11 Å². The van der Waals surface area contributed by atoms with Gasteiger partial charge in [0.25, 0.3) is 0 Å². The van der Waals surface area contributed by atoms with Crippen molar-refractivity contribution in [2.45, 2.75) is 33.2 Å². The van der Waals surface area contributed by atoms with Crippen molar-refractivity contribution in [1.82, 2.24) is 9.78 Å². The van der Waals surface area contributed by atoms with Gasteiger partial charge in [0, 0.05) is 13.2 Å². The van der Waals surface area contributed by atoms with Gasteiger partial charge in [0.05, 0.1) is 15.9 Å². The lowest BCUT2D eigenvalue weighted by Crippen LogP contribution is -2.16. The normalized spacial score (nSPS) is 12.6. The molecule has 3 nitrogen and oxygen atoms in total. The molecule has 0 bridgehead atoms. The number of aryl methyl sites for hydroxylation is 2. The number of aliphatic hydroxyl groups is 1. The van der Waals surface area contributed by atoms with Gasteiger partial charge in [-0.05, 0) is 66.2 Å². The number of hydrogen-bond acceptors (Lipinski definition) is 2. The van der Waals surface area contributed by atoms with E-state index in [0.717, 1.165) is 28.0 Å². The molecule has 0 fully saturated rings. The first-order valence-corrected chi connectivity index (χ1v) is 7.91. The average Bonchev–Trinajstić information content (AvgIpc) is 2.74. The van der Waals surface area contributed by atoms with Crippen LogP contribution in [-0.2, 0) is 19.4 Å². The summed E-state index contributed by atoms with van der Waals surface area (Å²) in [5.74, 6) is -0.190. The van der Waals surface area contributed by atoms with Gasteiger partial charge in [0.1, 0.15) is 5.82 Å². The van der Waals surface area contributed by atoms with Gasteiger partial charge in [-0.1, -0.05) is 12.1 Å². The van der Waals surface area contributed by atoms with Crippen LogP contribution < -0.4 is 0 Å². The van der Waals surface area contributed by atoms with Crippen LogP contribution in [0.25, 0.3) is 0 Å². The zero-order chi connectivity index (χ0) is 15.4. The maximum Gasteiger partial charge on any atom is 0.123 e. The van der Waals surface area contributed by atoms with Crippen LogP contribution in [-0.4, -0.2) is 21.5 Å². The number of nitrogens with zero attached hydrogens (tertiary/aromatic N) is 2. The fourth-order valence-electron chi connectivity index (χ4n) is 2.54. The van der Waals surface area contributed by atoms with Crippen molar-refractivity contribution < 1.29 is 9.50 Å². The quantitative estimate of drug-likeness (QED) is 0.861. The maximum absolute atomic E-state index is 13.3. The van der Waals surface area contributed by atoms with E-state index in [4.69, 9.17) is 0 Å². The van der Waals surface area contributed by atoms with Crippen LogP contribution in [0, 0.1) is 18.7 Å². The summed E-state index contributed by atoms with van der Waals surface area (Å²) < 4.78 is 16.2. The van der Waals surface area contributed by atoms with E-state index in [0.29, 0.717) is 12.8 Å². The van der Waals surface area contributed by atoms with Gasteiger partial charge in [-0.3, -0.25) is 4.68 Å². The Balaban J connectivity index is 2.16. The fraction of sp³-hybridized carbons (Fsp3) is 0.438. The molecular formula is C16H20BrFN2O. The smallest absolute Gasteiger partial charge is 0.123 e. The van der Waals surface area contributed by atoms with Crippen molar-refractivity contribution in [3.63, 3.8) is 0 Å². The highest BCUT2D eigenvalue weighted by Crippen LogP contribution is 2.25. The summed E-state index contributed by atoms with van der Waals surface area (Å²) in [6.45, 7) is 4.86. The Hall–Kier alpha value is -1.20. The van der Waals surface area contributed by atoms with Gasteiger partial charge in [-0.15, -0.1) is 0 Å². The second-order valence-electron chi connectivity index (χ2n) is 5.25. The van der Waals surface area contributed by atoms with Crippen molar-refractivity contribution in [2.75, 3.05) is 6.61 Å². The van der Waals surface area contributed by atoms with E-state index in [9.17, 15) is 9.50 Å². The summed E-state index contributed by atoms with van der Waals surface area (Å²) in [6, 6.07) is 6.56. The Morgan fingerprint density at radius 1 is 1.38 bits per heavy atom. The molecule has 1 aromatic heterocycles. The molecule has 0 amide bonds. The van der Waals surface area contributed by atoms with Crippen LogP contribution in [0.4, 0.5) is 4.39 Å². The molecule has 2 aromatic rings. The van der Waals surface area contributed by atoms with Crippen LogP contribution in [0.2, 0.25) is 0 Å². The van der Waals surface area contributed by atoms with Crippen LogP contribution in [0.15, 0.2) is 28.7 Å². The van der Waals surface area contributed by atoms with Crippen molar-refractivity contribution in [3.05, 3.63) is 51.5 Å². The molecule has 21 heavy (non-hydrogen) atoms. The van der Waals surface area contributed by atoms with E-state index in [1.165, 1.54) is 12.1 Å². The minimum atomic E-state index is -0.236. The fourth-order valence-corrected chi connectivity index (χ4v) is 2.98. The second kappa shape index (κ2) is 7.18. The summed E-state index contributed by atoms with van der Waals surface area (Å²) in [4.78, 5) is 0. The lowest BCUT2D eigenvalue weighted by molar-refractivity contribution is 0.222. The summed E-state index contributed by atoms with van der Waals surface area (Å²) in [5, 5.41) is 14.1. The third-order valence-corrected chi connectivity index (χ3v) is 4.64. The van der Waals surface area contributed by atoms with E-state index >= 15 is 0 Å². The van der Waals surface area contributed by atoms with E-state index in [-0.39, 0.29) is 18.3 Å². The first kappa shape index (κ1) is 16.2. The van der Waals surface area contributed by atoms with E-state index in [2.05, 4.69) is 21.0 Å². The highest BCUT2D eigenvalue weighted by atomic mass is 79.9. The minimum Gasteiger partial charge on any atom is -0.396 e. The molecule has 0 aliphatic rings. The summed E-state index contributed by atoms with van der Waals surface area (Å²) in [7, 11) is 0. The Bertz CT molecular complexity index is 612. The molecule has 2 rings (SSSR count). The lowest BCUT2D eigenvalue weighted by Gasteiger charge is -2.15. The van der Waals surface area contributed by atoms with Gasteiger partial charge in [0.2, 0.25) is 0 Å². The molecular weight excluding hydrogens is 335 g/mol. The monoisotopic (exact) mass is 354 g/mol. The molecule has 1 N–H and O–H groups in total. The summed E-state index contributed by atoms with van der Waals surface area (Å²) in [6.07, 6.45) is 1.36. The Morgan fingerprint density at radius 2 is 2.14 bits per heavy atom. The molecule has 1 unspecified atom stereocenters. The number of aromatic nitrogens is 2. The molecule has 0 radical (unpaired) electrons. The van der Waals surface area contributed by atoms with Crippen LogP contribution in [0.1, 0.15) is 23.9 Å². The van der Waals surface area contributed by atoms with Crippen molar-refractivity contribution in [3.8, 4) is 0 Å². The summed E-state index contributed by atoms with van der Waals surface area (Å²) in [5.41, 5.74) is 2.95. The Labute approximate surface area is 132 Å². The minimum absolute atomic E-state index is 0.0458. The zero-order valence-corrected chi connectivity index (χ0v) is 13.9. The molecule has 0 aliphatic carbocycles. The first-order chi connectivity index (χ1) is 10.0. The highest BCUT2D eigenvalue weighted by molar-refractivity contribution is 9.10. The Kier molecular flexibility index (Phi) is 5.53. The van der Waals surface area contributed by atoms with Gasteiger partial charge >= 0.3 is 0 Å². The number of rotatable bonds is 6. The molecule has 0 aliphatic heterocycles. The van der Waals surface area contributed by atoms with Crippen LogP contribution >= 0.6 is 15.9 Å². The average molecular weight is 355 g/mol. The van der Waals surface area contributed by atoms with Crippen molar-refractivity contribution >= 4 is 15.9 Å². The molecule has 0 saturated carbocycles. The molecule has 0 saturated heterocycles. The molecule has 1 atom stereocenters. The molecule has 0 spiro atoms. The Morgan fingerprint density at radius 3 is 2.76 bits per heavy atom. The number of hydrogen-bond donors (Lipinski definition) is 1. The maximum atomic E-state index is 13.3. The molecule has 1 heterocycles. The zero-order valence-electron chi connectivity index (χ0n) is 12.3. The molecule has 114 valence electrons. The lowest BCUT2D eigenvalue weighted by atomic mass is 9.95. The van der Waals surface area contributed by atoms with E-state index in [1.54, 1.807) is 6.07 Å². The predicted molar refractivity (Wildman–Crippen MR) is 84.7 cm³/mol. The summed E-state index contributed by atoms with van der Waals surface area (Å²) >= 11 is 3.57. The van der Waals surface area contributed by atoms with Crippen LogP contribution in [0.5, 0.6) is 0 Å². The van der Waals surface area contributed by atoms with Crippen LogP contribution in [0.3, 0.4) is 0 Å². The molecule has 5 heteroatoms. The van der Waals surface area contributed by atoms with E-state index in [1.807, 2.05) is 24.6 Å². The van der Waals surface area contributed by atoms with Gasteiger partial charge in [-0.25, -0.2) is 4.39 Å².